The van der Waals surface area contributed by atoms with Gasteiger partial charge in [0, 0.05) is 22.2 Å². The summed E-state index contributed by atoms with van der Waals surface area (Å²) in [7, 11) is -4.25. The summed E-state index contributed by atoms with van der Waals surface area (Å²) in [6, 6.07) is 18.7. The van der Waals surface area contributed by atoms with Crippen molar-refractivity contribution in [3.05, 3.63) is 100 Å². The van der Waals surface area contributed by atoms with Gasteiger partial charge >= 0.3 is 0 Å². The number of halogens is 3. The smallest absolute Gasteiger partial charge is 0.247 e. The molecule has 0 aliphatic carbocycles. The van der Waals surface area contributed by atoms with Crippen molar-refractivity contribution < 1.29 is 17.2 Å². The monoisotopic (exact) mass is 491 g/mol. The highest BCUT2D eigenvalue weighted by atomic mass is 35.5. The lowest BCUT2D eigenvalue weighted by Crippen LogP contribution is -2.31. The summed E-state index contributed by atoms with van der Waals surface area (Å²) in [6.45, 7) is -0.391. The summed E-state index contributed by atoms with van der Waals surface area (Å²) in [5, 5.41) is 8.88. The van der Waals surface area contributed by atoms with Crippen LogP contribution < -0.4 is 0 Å². The Kier molecular flexibility index (Phi) is 6.57. The molecule has 0 fully saturated rings. The predicted molar refractivity (Wildman–Crippen MR) is 119 cm³/mol. The van der Waals surface area contributed by atoms with Crippen LogP contribution in [0.1, 0.15) is 11.5 Å². The van der Waals surface area contributed by atoms with Gasteiger partial charge in [-0.05, 0) is 48.0 Å². The summed E-state index contributed by atoms with van der Waals surface area (Å²) < 4.78 is 47.7. The number of aromatic nitrogens is 2. The molecule has 4 rings (SSSR count). The molecule has 0 saturated carbocycles. The summed E-state index contributed by atoms with van der Waals surface area (Å²) in [5.41, 5.74) is 1.18. The van der Waals surface area contributed by atoms with Crippen LogP contribution in [0.5, 0.6) is 0 Å². The molecule has 0 unspecified atom stereocenters. The fourth-order valence-corrected chi connectivity index (χ4v) is 4.77. The zero-order valence-electron chi connectivity index (χ0n) is 16.5. The Balaban J connectivity index is 1.69. The van der Waals surface area contributed by atoms with E-state index in [0.29, 0.717) is 21.2 Å². The Morgan fingerprint density at radius 3 is 2.28 bits per heavy atom. The largest absolute Gasteiger partial charge is 0.419 e. The molecule has 0 radical (unpaired) electrons. The zero-order valence-corrected chi connectivity index (χ0v) is 18.8. The third kappa shape index (κ3) is 4.83. The molecule has 0 amide bonds. The molecule has 0 saturated heterocycles. The molecule has 3 aromatic carbocycles. The normalized spacial score (nSPS) is 11.8. The Morgan fingerprint density at radius 2 is 1.56 bits per heavy atom. The Morgan fingerprint density at radius 1 is 0.875 bits per heavy atom. The second kappa shape index (κ2) is 9.38. The van der Waals surface area contributed by atoms with Crippen molar-refractivity contribution in [2.75, 3.05) is 0 Å². The van der Waals surface area contributed by atoms with Crippen LogP contribution in [-0.2, 0) is 23.1 Å². The average Bonchev–Trinajstić information content (AvgIpc) is 3.24. The van der Waals surface area contributed by atoms with Gasteiger partial charge in [-0.25, -0.2) is 12.8 Å². The van der Waals surface area contributed by atoms with E-state index in [-0.39, 0.29) is 24.9 Å². The lowest BCUT2D eigenvalue weighted by molar-refractivity contribution is 0.351. The maximum Gasteiger partial charge on any atom is 0.247 e. The van der Waals surface area contributed by atoms with E-state index in [4.69, 9.17) is 27.6 Å². The Bertz CT molecular complexity index is 1340. The van der Waals surface area contributed by atoms with Gasteiger partial charge in [-0.2, -0.15) is 4.31 Å². The summed E-state index contributed by atoms with van der Waals surface area (Å²) in [6.07, 6.45) is 0. The van der Waals surface area contributed by atoms with Gasteiger partial charge in [0.2, 0.25) is 21.8 Å². The van der Waals surface area contributed by atoms with Crippen LogP contribution in [0.3, 0.4) is 0 Å². The second-order valence-corrected chi connectivity index (χ2v) is 9.55. The van der Waals surface area contributed by atoms with Gasteiger partial charge < -0.3 is 4.42 Å². The third-order valence-corrected chi connectivity index (χ3v) is 7.07. The molecule has 164 valence electrons. The first-order valence-corrected chi connectivity index (χ1v) is 11.6. The lowest BCUT2D eigenvalue weighted by Gasteiger charge is -2.21. The van der Waals surface area contributed by atoms with Gasteiger partial charge in [-0.3, -0.25) is 0 Å². The van der Waals surface area contributed by atoms with Gasteiger partial charge in [0.25, 0.3) is 0 Å². The number of benzene rings is 3. The quantitative estimate of drug-likeness (QED) is 0.337. The molecule has 0 bridgehead atoms. The first kappa shape index (κ1) is 22.4. The molecular formula is C22H16Cl2FN3O3S. The van der Waals surface area contributed by atoms with Crippen molar-refractivity contribution in [1.29, 1.82) is 0 Å². The fraction of sp³-hybridized carbons (Fsp3) is 0.0909. The maximum atomic E-state index is 14.4. The van der Waals surface area contributed by atoms with Gasteiger partial charge in [0.15, 0.2) is 0 Å². The molecule has 1 heterocycles. The maximum absolute atomic E-state index is 14.4. The van der Waals surface area contributed by atoms with E-state index in [2.05, 4.69) is 10.2 Å². The van der Waals surface area contributed by atoms with Crippen LogP contribution in [0, 0.1) is 5.82 Å². The molecule has 0 atom stereocenters. The molecule has 0 spiro atoms. The molecule has 10 heteroatoms. The topological polar surface area (TPSA) is 76.3 Å². The van der Waals surface area contributed by atoms with E-state index < -0.39 is 20.7 Å². The van der Waals surface area contributed by atoms with Crippen molar-refractivity contribution in [3.8, 4) is 11.5 Å². The van der Waals surface area contributed by atoms with Crippen LogP contribution in [0.25, 0.3) is 11.5 Å². The first-order valence-electron chi connectivity index (χ1n) is 9.41. The van der Waals surface area contributed by atoms with Crippen LogP contribution in [0.15, 0.2) is 82.1 Å². The van der Waals surface area contributed by atoms with Crippen molar-refractivity contribution in [1.82, 2.24) is 14.5 Å². The molecule has 1 aromatic heterocycles. The van der Waals surface area contributed by atoms with E-state index in [0.717, 1.165) is 10.4 Å². The van der Waals surface area contributed by atoms with E-state index in [1.807, 2.05) is 0 Å². The van der Waals surface area contributed by atoms with Crippen LogP contribution in [0.4, 0.5) is 4.39 Å². The van der Waals surface area contributed by atoms with Crippen molar-refractivity contribution in [3.63, 3.8) is 0 Å². The zero-order chi connectivity index (χ0) is 22.7. The average molecular weight is 492 g/mol. The molecule has 4 aromatic rings. The molecule has 0 aliphatic heterocycles. The highest BCUT2D eigenvalue weighted by Crippen LogP contribution is 2.27. The summed E-state index contributed by atoms with van der Waals surface area (Å²) in [5.74, 6) is -0.608. The van der Waals surface area contributed by atoms with Gasteiger partial charge in [0.05, 0.1) is 6.54 Å². The van der Waals surface area contributed by atoms with Crippen LogP contribution >= 0.6 is 23.2 Å². The Labute approximate surface area is 194 Å². The minimum absolute atomic E-state index is 0.0434. The first-order chi connectivity index (χ1) is 15.3. The van der Waals surface area contributed by atoms with Crippen molar-refractivity contribution in [2.45, 2.75) is 18.0 Å². The molecular weight excluding hydrogens is 476 g/mol. The van der Waals surface area contributed by atoms with E-state index >= 15 is 0 Å². The molecule has 0 N–H and O–H groups in total. The lowest BCUT2D eigenvalue weighted by atomic mass is 10.2. The number of sulfonamides is 1. The molecule has 6 nitrogen and oxygen atoms in total. The SMILES string of the molecule is O=S(=O)(c1ccccc1F)N(Cc1nnc(-c2ccc(Cl)cc2)o1)Cc1ccccc1Cl. The second-order valence-electron chi connectivity index (χ2n) is 6.80. The highest BCUT2D eigenvalue weighted by molar-refractivity contribution is 7.89. The number of hydrogen-bond donors (Lipinski definition) is 0. The van der Waals surface area contributed by atoms with Crippen molar-refractivity contribution >= 4 is 33.2 Å². The van der Waals surface area contributed by atoms with Gasteiger partial charge in [-0.1, -0.05) is 53.5 Å². The van der Waals surface area contributed by atoms with Gasteiger partial charge in [-0.15, -0.1) is 10.2 Å². The number of rotatable bonds is 7. The molecule has 0 aliphatic rings. The van der Waals surface area contributed by atoms with E-state index in [9.17, 15) is 12.8 Å². The van der Waals surface area contributed by atoms with Crippen LogP contribution in [0.2, 0.25) is 10.0 Å². The van der Waals surface area contributed by atoms with E-state index in [1.165, 1.54) is 18.2 Å². The Hall–Kier alpha value is -2.78. The fourth-order valence-electron chi connectivity index (χ4n) is 3.01. The summed E-state index contributed by atoms with van der Waals surface area (Å²) in [4.78, 5) is -0.454. The third-order valence-electron chi connectivity index (χ3n) is 4.63. The van der Waals surface area contributed by atoms with Crippen LogP contribution in [-0.4, -0.2) is 22.9 Å². The number of nitrogens with zero attached hydrogens (tertiary/aromatic N) is 3. The standard InChI is InChI=1S/C22H16Cl2FN3O3S/c23-17-11-9-15(10-12-17)22-27-26-21(31-22)14-28(13-16-5-1-2-6-18(16)24)32(29,30)20-8-4-3-7-19(20)25/h1-12H,13-14H2. The molecule has 32 heavy (non-hydrogen) atoms. The van der Waals surface area contributed by atoms with E-state index in [1.54, 1.807) is 48.5 Å². The van der Waals surface area contributed by atoms with Gasteiger partial charge in [0.1, 0.15) is 10.7 Å². The predicted octanol–water partition coefficient (Wildman–Crippen LogP) is 5.57. The highest BCUT2D eigenvalue weighted by Gasteiger charge is 2.30. The van der Waals surface area contributed by atoms with Crippen molar-refractivity contribution in [2.24, 2.45) is 0 Å². The number of hydrogen-bond acceptors (Lipinski definition) is 5. The minimum atomic E-state index is -4.25. The minimum Gasteiger partial charge on any atom is -0.419 e. The summed E-state index contributed by atoms with van der Waals surface area (Å²) >= 11 is 12.1.